The van der Waals surface area contributed by atoms with Crippen molar-refractivity contribution in [1.82, 2.24) is 4.57 Å². The molecule has 0 saturated carbocycles. The maximum absolute atomic E-state index is 13.4. The highest BCUT2D eigenvalue weighted by molar-refractivity contribution is 7.99. The van der Waals surface area contributed by atoms with Gasteiger partial charge < -0.3 is 9.30 Å². The summed E-state index contributed by atoms with van der Waals surface area (Å²) in [6, 6.07) is 19.0. The third-order valence-corrected chi connectivity index (χ3v) is 6.28. The summed E-state index contributed by atoms with van der Waals surface area (Å²) >= 11 is 7.55. The summed E-state index contributed by atoms with van der Waals surface area (Å²) in [5.74, 6) is 0.591. The quantitative estimate of drug-likeness (QED) is 0.277. The zero-order chi connectivity index (χ0) is 22.1. The molecule has 1 heterocycles. The van der Waals surface area contributed by atoms with E-state index in [1.165, 1.54) is 23.9 Å². The molecule has 156 valence electrons. The molecular weight excluding hydrogens is 436 g/mol. The van der Waals surface area contributed by atoms with E-state index in [0.29, 0.717) is 31.7 Å². The van der Waals surface area contributed by atoms with Gasteiger partial charge in [0.05, 0.1) is 22.4 Å². The lowest BCUT2D eigenvalue weighted by Gasteiger charge is -2.18. The molecule has 0 aliphatic carbocycles. The van der Waals surface area contributed by atoms with Crippen molar-refractivity contribution < 1.29 is 9.66 Å². The lowest BCUT2D eigenvalue weighted by Crippen LogP contribution is -2.20. The third kappa shape index (κ3) is 3.89. The number of fused-ring (bicyclic) bond motifs is 1. The second kappa shape index (κ2) is 8.45. The molecule has 0 unspecified atom stereocenters. The Hall–Kier alpha value is -3.29. The fourth-order valence-electron chi connectivity index (χ4n) is 3.46. The number of benzene rings is 3. The van der Waals surface area contributed by atoms with E-state index in [-0.39, 0.29) is 11.2 Å². The molecule has 8 heteroatoms. The Labute approximate surface area is 187 Å². The van der Waals surface area contributed by atoms with Gasteiger partial charge in [-0.25, -0.2) is 0 Å². The highest BCUT2D eigenvalue weighted by Crippen LogP contribution is 2.43. The standard InChI is InChI=1S/C23H17ClN2O4S/c1-25-19-6-4-3-5-17(19)21(18-13-14(24)7-12-20(18)30-2)22(23(25)27)31-16-10-8-15(9-11-16)26(28)29/h3-13H,1-2H3. The van der Waals surface area contributed by atoms with Crippen LogP contribution in [0.1, 0.15) is 0 Å². The Balaban J connectivity index is 2.02. The smallest absolute Gasteiger partial charge is 0.269 e. The fraction of sp³-hybridized carbons (Fsp3) is 0.0870. The molecule has 0 aliphatic rings. The van der Waals surface area contributed by atoms with Gasteiger partial charge in [-0.2, -0.15) is 0 Å². The van der Waals surface area contributed by atoms with E-state index in [1.807, 2.05) is 24.3 Å². The second-order valence-corrected chi connectivity index (χ2v) is 8.30. The van der Waals surface area contributed by atoms with Crippen LogP contribution < -0.4 is 10.3 Å². The number of aryl methyl sites for hydroxylation is 1. The highest BCUT2D eigenvalue weighted by Gasteiger charge is 2.21. The Morgan fingerprint density at radius 2 is 1.77 bits per heavy atom. The van der Waals surface area contributed by atoms with E-state index in [9.17, 15) is 14.9 Å². The molecule has 3 aromatic carbocycles. The number of non-ortho nitro benzene ring substituents is 1. The predicted octanol–water partition coefficient (Wildman–Crippen LogP) is 5.93. The minimum Gasteiger partial charge on any atom is -0.496 e. The van der Waals surface area contributed by atoms with Crippen LogP contribution in [-0.4, -0.2) is 16.6 Å². The number of rotatable bonds is 5. The van der Waals surface area contributed by atoms with Crippen LogP contribution in [0.5, 0.6) is 5.75 Å². The number of ether oxygens (including phenoxy) is 1. The van der Waals surface area contributed by atoms with Crippen molar-refractivity contribution in [3.8, 4) is 16.9 Å². The van der Waals surface area contributed by atoms with Gasteiger partial charge in [0, 0.05) is 45.6 Å². The Kier molecular flexibility index (Phi) is 5.71. The second-order valence-electron chi connectivity index (χ2n) is 6.78. The molecule has 0 spiro atoms. The van der Waals surface area contributed by atoms with E-state index in [4.69, 9.17) is 16.3 Å². The minimum absolute atomic E-state index is 0.00695. The third-order valence-electron chi connectivity index (χ3n) is 4.96. The van der Waals surface area contributed by atoms with Crippen molar-refractivity contribution >= 4 is 40.0 Å². The molecule has 0 saturated heterocycles. The van der Waals surface area contributed by atoms with Crippen LogP contribution in [0, 0.1) is 10.1 Å². The topological polar surface area (TPSA) is 74.4 Å². The molecule has 0 atom stereocenters. The van der Waals surface area contributed by atoms with Crippen LogP contribution in [0.2, 0.25) is 5.02 Å². The minimum atomic E-state index is -0.453. The zero-order valence-corrected chi connectivity index (χ0v) is 18.2. The van der Waals surface area contributed by atoms with Crippen LogP contribution in [-0.2, 0) is 7.05 Å². The van der Waals surface area contributed by atoms with Crippen LogP contribution in [0.25, 0.3) is 22.0 Å². The lowest BCUT2D eigenvalue weighted by atomic mass is 10.00. The Bertz CT molecular complexity index is 1370. The number of aromatic nitrogens is 1. The van der Waals surface area contributed by atoms with Crippen LogP contribution in [0.3, 0.4) is 0 Å². The van der Waals surface area contributed by atoms with Gasteiger partial charge in [0.2, 0.25) is 0 Å². The zero-order valence-electron chi connectivity index (χ0n) is 16.7. The van der Waals surface area contributed by atoms with Gasteiger partial charge in [-0.15, -0.1) is 0 Å². The fourth-order valence-corrected chi connectivity index (χ4v) is 4.69. The van der Waals surface area contributed by atoms with Gasteiger partial charge in [0.15, 0.2) is 0 Å². The summed E-state index contributed by atoms with van der Waals surface area (Å²) in [7, 11) is 3.29. The van der Waals surface area contributed by atoms with Crippen LogP contribution >= 0.6 is 23.4 Å². The van der Waals surface area contributed by atoms with Crippen molar-refractivity contribution in [3.05, 3.63) is 92.2 Å². The first-order valence-electron chi connectivity index (χ1n) is 9.28. The number of halogens is 1. The van der Waals surface area contributed by atoms with Gasteiger partial charge in [-0.1, -0.05) is 41.6 Å². The number of methoxy groups -OCH3 is 1. The Morgan fingerprint density at radius 1 is 1.06 bits per heavy atom. The first kappa shape index (κ1) is 21.0. The van der Waals surface area contributed by atoms with Gasteiger partial charge in [0.25, 0.3) is 11.2 Å². The predicted molar refractivity (Wildman–Crippen MR) is 123 cm³/mol. The maximum Gasteiger partial charge on any atom is 0.269 e. The number of nitro groups is 1. The molecule has 0 N–H and O–H groups in total. The van der Waals surface area contributed by atoms with Crippen molar-refractivity contribution in [2.24, 2.45) is 7.05 Å². The molecule has 1 aromatic heterocycles. The molecule has 0 amide bonds. The molecule has 0 radical (unpaired) electrons. The number of hydrogen-bond acceptors (Lipinski definition) is 5. The number of nitro benzene ring substituents is 1. The largest absolute Gasteiger partial charge is 0.496 e. The highest BCUT2D eigenvalue weighted by atomic mass is 35.5. The first-order chi connectivity index (χ1) is 14.9. The van der Waals surface area contributed by atoms with Gasteiger partial charge in [0.1, 0.15) is 5.75 Å². The van der Waals surface area contributed by atoms with E-state index < -0.39 is 4.92 Å². The lowest BCUT2D eigenvalue weighted by molar-refractivity contribution is -0.384. The van der Waals surface area contributed by atoms with Crippen LogP contribution in [0.4, 0.5) is 5.69 Å². The van der Waals surface area contributed by atoms with E-state index in [1.54, 1.807) is 49.1 Å². The molecule has 0 aliphatic heterocycles. The number of pyridine rings is 1. The van der Waals surface area contributed by atoms with E-state index >= 15 is 0 Å². The molecule has 31 heavy (non-hydrogen) atoms. The molecule has 4 aromatic rings. The van der Waals surface area contributed by atoms with E-state index in [2.05, 4.69) is 0 Å². The average Bonchev–Trinajstić information content (AvgIpc) is 2.78. The maximum atomic E-state index is 13.4. The summed E-state index contributed by atoms with van der Waals surface area (Å²) in [5.41, 5.74) is 2.00. The van der Waals surface area contributed by atoms with Crippen molar-refractivity contribution in [2.75, 3.05) is 7.11 Å². The van der Waals surface area contributed by atoms with Crippen molar-refractivity contribution in [1.29, 1.82) is 0 Å². The SMILES string of the molecule is COc1ccc(Cl)cc1-c1c(Sc2ccc([N+](=O)[O-])cc2)c(=O)n(C)c2ccccc12. The summed E-state index contributed by atoms with van der Waals surface area (Å²) in [6.45, 7) is 0. The van der Waals surface area contributed by atoms with Crippen LogP contribution in [0.15, 0.2) is 81.3 Å². The van der Waals surface area contributed by atoms with Crippen molar-refractivity contribution in [3.63, 3.8) is 0 Å². The molecule has 0 bridgehead atoms. The first-order valence-corrected chi connectivity index (χ1v) is 10.5. The Morgan fingerprint density at radius 3 is 2.45 bits per heavy atom. The van der Waals surface area contributed by atoms with Gasteiger partial charge in [-0.05, 0) is 36.4 Å². The van der Waals surface area contributed by atoms with Gasteiger partial charge >= 0.3 is 0 Å². The van der Waals surface area contributed by atoms with Gasteiger partial charge in [-0.3, -0.25) is 14.9 Å². The number of hydrogen-bond donors (Lipinski definition) is 0. The monoisotopic (exact) mass is 452 g/mol. The van der Waals surface area contributed by atoms with E-state index in [0.717, 1.165) is 10.9 Å². The molecule has 0 fully saturated rings. The number of para-hydroxylation sites is 1. The average molecular weight is 453 g/mol. The molecule has 4 rings (SSSR count). The summed E-state index contributed by atoms with van der Waals surface area (Å²) in [4.78, 5) is 25.1. The molecular formula is C23H17ClN2O4S. The normalized spacial score (nSPS) is 10.9. The summed E-state index contributed by atoms with van der Waals surface area (Å²) in [6.07, 6.45) is 0. The molecule has 6 nitrogen and oxygen atoms in total. The summed E-state index contributed by atoms with van der Waals surface area (Å²) in [5, 5.41) is 12.4. The summed E-state index contributed by atoms with van der Waals surface area (Å²) < 4.78 is 7.17. The van der Waals surface area contributed by atoms with Crippen molar-refractivity contribution in [2.45, 2.75) is 9.79 Å². The number of nitrogens with zero attached hydrogens (tertiary/aromatic N) is 2.